The van der Waals surface area contributed by atoms with Crippen molar-refractivity contribution in [2.75, 3.05) is 0 Å². The number of hydrogen-bond donors (Lipinski definition) is 0. The molecule has 0 radical (unpaired) electrons. The van der Waals surface area contributed by atoms with Crippen molar-refractivity contribution in [3.05, 3.63) is 17.0 Å². The zero-order valence-corrected chi connectivity index (χ0v) is 12.2. The number of carbonyl (C=O) groups excluding carboxylic acids is 1. The van der Waals surface area contributed by atoms with Gasteiger partial charge in [0.25, 0.3) is 0 Å². The van der Waals surface area contributed by atoms with Crippen LogP contribution in [0, 0.1) is 13.8 Å². The summed E-state index contributed by atoms with van der Waals surface area (Å²) in [6, 6.07) is 0. The van der Waals surface area contributed by atoms with Crippen LogP contribution in [-0.2, 0) is 23.0 Å². The fourth-order valence-corrected chi connectivity index (χ4v) is 2.83. The molecule has 1 saturated carbocycles. The molecule has 4 nitrogen and oxygen atoms in total. The topological polar surface area (TPSA) is 44.1 Å². The Balaban J connectivity index is 1.82. The maximum Gasteiger partial charge on any atom is 0.306 e. The average molecular weight is 264 g/mol. The molecule has 0 atom stereocenters. The smallest absolute Gasteiger partial charge is 0.306 e. The first-order valence-corrected chi connectivity index (χ1v) is 7.26. The minimum atomic E-state index is -0.0606. The van der Waals surface area contributed by atoms with Gasteiger partial charge in [0.05, 0.1) is 5.69 Å². The lowest BCUT2D eigenvalue weighted by molar-refractivity contribution is -0.150. The molecule has 1 aromatic rings. The summed E-state index contributed by atoms with van der Waals surface area (Å²) in [6.45, 7) is 4.04. The summed E-state index contributed by atoms with van der Waals surface area (Å²) in [5, 5.41) is 4.37. The number of nitrogens with zero attached hydrogens (tertiary/aromatic N) is 2. The van der Waals surface area contributed by atoms with Crippen LogP contribution in [0.4, 0.5) is 0 Å². The van der Waals surface area contributed by atoms with Gasteiger partial charge >= 0.3 is 5.97 Å². The van der Waals surface area contributed by atoms with E-state index in [9.17, 15) is 4.79 Å². The molecule has 0 saturated heterocycles. The van der Waals surface area contributed by atoms with E-state index < -0.39 is 0 Å². The van der Waals surface area contributed by atoms with Gasteiger partial charge in [0.15, 0.2) is 0 Å². The second-order valence-electron chi connectivity index (χ2n) is 5.52. The predicted octanol–water partition coefficient (Wildman–Crippen LogP) is 2.85. The summed E-state index contributed by atoms with van der Waals surface area (Å²) in [7, 11) is 1.94. The minimum absolute atomic E-state index is 0.0606. The molecule has 1 fully saturated rings. The average Bonchev–Trinajstić information content (AvgIpc) is 2.62. The van der Waals surface area contributed by atoms with E-state index in [0.717, 1.165) is 30.7 Å². The summed E-state index contributed by atoms with van der Waals surface area (Å²) >= 11 is 0. The lowest BCUT2D eigenvalue weighted by Crippen LogP contribution is -2.21. The highest BCUT2D eigenvalue weighted by Crippen LogP contribution is 2.21. The van der Waals surface area contributed by atoms with Crippen LogP contribution in [0.5, 0.6) is 0 Å². The van der Waals surface area contributed by atoms with Gasteiger partial charge in [-0.15, -0.1) is 0 Å². The van der Waals surface area contributed by atoms with E-state index >= 15 is 0 Å². The third kappa shape index (κ3) is 3.58. The fourth-order valence-electron chi connectivity index (χ4n) is 2.83. The normalized spacial score (nSPS) is 16.6. The Morgan fingerprint density at radius 3 is 2.58 bits per heavy atom. The Kier molecular flexibility index (Phi) is 4.61. The molecule has 106 valence electrons. The largest absolute Gasteiger partial charge is 0.462 e. The van der Waals surface area contributed by atoms with Gasteiger partial charge in [0.2, 0.25) is 0 Å². The lowest BCUT2D eigenvalue weighted by atomic mass is 9.98. The van der Waals surface area contributed by atoms with Crippen LogP contribution in [0.1, 0.15) is 55.5 Å². The molecule has 4 heteroatoms. The van der Waals surface area contributed by atoms with Gasteiger partial charge in [0, 0.05) is 19.2 Å². The minimum Gasteiger partial charge on any atom is -0.462 e. The Morgan fingerprint density at radius 2 is 2.00 bits per heavy atom. The van der Waals surface area contributed by atoms with E-state index in [4.69, 9.17) is 4.74 Å². The van der Waals surface area contributed by atoms with Crippen molar-refractivity contribution >= 4 is 5.97 Å². The van der Waals surface area contributed by atoms with Crippen molar-refractivity contribution in [1.29, 1.82) is 0 Å². The summed E-state index contributed by atoms with van der Waals surface area (Å²) in [4.78, 5) is 11.9. The van der Waals surface area contributed by atoms with Gasteiger partial charge in [-0.05, 0) is 51.5 Å². The molecule has 0 amide bonds. The number of ether oxygens (including phenoxy) is 1. The van der Waals surface area contributed by atoms with Crippen LogP contribution >= 0.6 is 0 Å². The Morgan fingerprint density at radius 1 is 1.32 bits per heavy atom. The molecule has 0 N–H and O–H groups in total. The number of rotatable bonds is 4. The molecule has 1 aliphatic carbocycles. The molecular formula is C15H24N2O2. The van der Waals surface area contributed by atoms with E-state index in [1.54, 1.807) is 0 Å². The summed E-state index contributed by atoms with van der Waals surface area (Å²) < 4.78 is 7.41. The molecule has 0 aliphatic heterocycles. The van der Waals surface area contributed by atoms with E-state index in [1.165, 1.54) is 24.8 Å². The van der Waals surface area contributed by atoms with E-state index in [2.05, 4.69) is 5.10 Å². The highest BCUT2D eigenvalue weighted by molar-refractivity contribution is 5.70. The third-order valence-electron chi connectivity index (χ3n) is 4.09. The quantitative estimate of drug-likeness (QED) is 0.785. The van der Waals surface area contributed by atoms with Gasteiger partial charge in [-0.25, -0.2) is 0 Å². The second-order valence-corrected chi connectivity index (χ2v) is 5.52. The van der Waals surface area contributed by atoms with E-state index in [1.807, 2.05) is 25.6 Å². The molecule has 2 rings (SSSR count). The van der Waals surface area contributed by atoms with Gasteiger partial charge in [-0.1, -0.05) is 6.42 Å². The molecule has 19 heavy (non-hydrogen) atoms. The van der Waals surface area contributed by atoms with Crippen molar-refractivity contribution in [3.8, 4) is 0 Å². The first-order valence-electron chi connectivity index (χ1n) is 7.26. The van der Waals surface area contributed by atoms with Crippen LogP contribution in [0.25, 0.3) is 0 Å². The van der Waals surface area contributed by atoms with Crippen LogP contribution in [0.2, 0.25) is 0 Å². The Labute approximate surface area is 115 Å². The van der Waals surface area contributed by atoms with Gasteiger partial charge in [-0.2, -0.15) is 5.10 Å². The highest BCUT2D eigenvalue weighted by Gasteiger charge is 2.18. The number of carbonyl (C=O) groups is 1. The maximum absolute atomic E-state index is 11.9. The van der Waals surface area contributed by atoms with Crippen molar-refractivity contribution in [2.24, 2.45) is 7.05 Å². The summed E-state index contributed by atoms with van der Waals surface area (Å²) in [6.07, 6.45) is 7.10. The van der Waals surface area contributed by atoms with Crippen molar-refractivity contribution in [1.82, 2.24) is 9.78 Å². The molecule has 0 unspecified atom stereocenters. The first-order chi connectivity index (χ1) is 9.08. The summed E-state index contributed by atoms with van der Waals surface area (Å²) in [5.74, 6) is -0.0606. The first kappa shape index (κ1) is 14.1. The monoisotopic (exact) mass is 264 g/mol. The number of esters is 1. The highest BCUT2D eigenvalue weighted by atomic mass is 16.5. The molecule has 0 aromatic carbocycles. The van der Waals surface area contributed by atoms with Crippen molar-refractivity contribution < 1.29 is 9.53 Å². The molecule has 1 aliphatic rings. The molecule has 0 spiro atoms. The molecule has 0 bridgehead atoms. The fraction of sp³-hybridized carbons (Fsp3) is 0.733. The van der Waals surface area contributed by atoms with Crippen LogP contribution in [0.15, 0.2) is 0 Å². The zero-order valence-electron chi connectivity index (χ0n) is 12.2. The van der Waals surface area contributed by atoms with Crippen LogP contribution in [0.3, 0.4) is 0 Å². The van der Waals surface area contributed by atoms with Gasteiger partial charge in [-0.3, -0.25) is 9.48 Å². The maximum atomic E-state index is 11.9. The third-order valence-corrected chi connectivity index (χ3v) is 4.09. The van der Waals surface area contributed by atoms with Crippen LogP contribution < -0.4 is 0 Å². The van der Waals surface area contributed by atoms with Crippen molar-refractivity contribution in [2.45, 2.75) is 64.9 Å². The molecular weight excluding hydrogens is 240 g/mol. The van der Waals surface area contributed by atoms with Crippen LogP contribution in [-0.4, -0.2) is 21.9 Å². The summed E-state index contributed by atoms with van der Waals surface area (Å²) in [5.41, 5.74) is 3.34. The van der Waals surface area contributed by atoms with Crippen molar-refractivity contribution in [3.63, 3.8) is 0 Å². The van der Waals surface area contributed by atoms with Gasteiger partial charge in [0.1, 0.15) is 6.10 Å². The number of aromatic nitrogens is 2. The molecule has 1 aromatic heterocycles. The lowest BCUT2D eigenvalue weighted by Gasteiger charge is -2.21. The second kappa shape index (κ2) is 6.22. The number of aryl methyl sites for hydroxylation is 2. The zero-order chi connectivity index (χ0) is 13.8. The standard InChI is InChI=1S/C15H24N2O2/c1-11-14(12(2)17(3)16-11)9-10-15(18)19-13-7-5-4-6-8-13/h13H,4-10H2,1-3H3. The Hall–Kier alpha value is -1.32. The van der Waals surface area contributed by atoms with E-state index in [-0.39, 0.29) is 12.1 Å². The predicted molar refractivity (Wildman–Crippen MR) is 74.0 cm³/mol. The van der Waals surface area contributed by atoms with Gasteiger partial charge < -0.3 is 4.74 Å². The SMILES string of the molecule is Cc1nn(C)c(C)c1CCC(=O)OC1CCCCC1. The Bertz CT molecular complexity index is 445. The van der Waals surface area contributed by atoms with E-state index in [0.29, 0.717) is 6.42 Å². The number of hydrogen-bond acceptors (Lipinski definition) is 3. The molecule has 1 heterocycles.